The zero-order chi connectivity index (χ0) is 12.1. The van der Waals surface area contributed by atoms with Crippen LogP contribution in [0.3, 0.4) is 0 Å². The second-order valence-corrected chi connectivity index (χ2v) is 4.43. The quantitative estimate of drug-likeness (QED) is 0.602. The first-order valence-corrected chi connectivity index (χ1v) is 5.98. The highest BCUT2D eigenvalue weighted by molar-refractivity contribution is 5.33. The predicted molar refractivity (Wildman–Crippen MR) is 67.4 cm³/mol. The zero-order valence-electron chi connectivity index (χ0n) is 10.2. The smallest absolute Gasteiger partial charge is 0.139 e. The number of piperidine rings is 1. The number of nitrogen functional groups attached to an aromatic ring is 1. The van der Waals surface area contributed by atoms with Gasteiger partial charge in [-0.15, -0.1) is 0 Å². The van der Waals surface area contributed by atoms with Crippen molar-refractivity contribution in [2.75, 3.05) is 25.6 Å². The van der Waals surface area contributed by atoms with Crippen LogP contribution in [0.1, 0.15) is 18.4 Å². The van der Waals surface area contributed by atoms with E-state index in [1.807, 2.05) is 12.3 Å². The molecule has 2 heterocycles. The molecule has 0 spiro atoms. The molecule has 94 valence electrons. The number of ether oxygens (including phenoxy) is 1. The molecule has 0 aromatic carbocycles. The van der Waals surface area contributed by atoms with E-state index in [1.54, 1.807) is 7.11 Å². The Balaban J connectivity index is 1.90. The molecule has 2 rings (SSSR count). The van der Waals surface area contributed by atoms with Crippen molar-refractivity contribution in [3.8, 4) is 0 Å². The molecule has 17 heavy (non-hydrogen) atoms. The van der Waals surface area contributed by atoms with Gasteiger partial charge in [0.05, 0.1) is 6.10 Å². The summed E-state index contributed by atoms with van der Waals surface area (Å²) in [6.45, 7) is 3.07. The first kappa shape index (κ1) is 12.3. The van der Waals surface area contributed by atoms with E-state index in [0.717, 1.165) is 19.6 Å². The minimum absolute atomic E-state index is 0.377. The van der Waals surface area contributed by atoms with Crippen LogP contribution in [-0.4, -0.2) is 36.2 Å². The molecule has 0 bridgehead atoms. The van der Waals surface area contributed by atoms with Crippen molar-refractivity contribution < 1.29 is 4.74 Å². The van der Waals surface area contributed by atoms with Crippen LogP contribution in [0.5, 0.6) is 0 Å². The first-order chi connectivity index (χ1) is 8.31. The lowest BCUT2D eigenvalue weighted by Crippen LogP contribution is -2.38. The van der Waals surface area contributed by atoms with E-state index in [1.165, 1.54) is 18.4 Å². The van der Waals surface area contributed by atoms with Gasteiger partial charge >= 0.3 is 0 Å². The molecular formula is C12H20N4O. The molecule has 0 saturated carbocycles. The third kappa shape index (κ3) is 3.39. The predicted octanol–water partition coefficient (Wildman–Crippen LogP) is 0.978. The molecular weight excluding hydrogens is 216 g/mol. The van der Waals surface area contributed by atoms with E-state index >= 15 is 0 Å². The number of methoxy groups -OCH3 is 1. The van der Waals surface area contributed by atoms with Crippen LogP contribution >= 0.6 is 0 Å². The normalized spacial score (nSPS) is 21.4. The van der Waals surface area contributed by atoms with Gasteiger partial charge in [0.2, 0.25) is 0 Å². The van der Waals surface area contributed by atoms with Crippen molar-refractivity contribution in [3.63, 3.8) is 0 Å². The largest absolute Gasteiger partial charge is 0.380 e. The molecule has 1 atom stereocenters. The summed E-state index contributed by atoms with van der Waals surface area (Å²) in [5.41, 5.74) is 3.74. The van der Waals surface area contributed by atoms with Gasteiger partial charge < -0.3 is 10.2 Å². The molecule has 5 nitrogen and oxygen atoms in total. The first-order valence-electron chi connectivity index (χ1n) is 5.98. The third-order valence-corrected chi connectivity index (χ3v) is 3.17. The highest BCUT2D eigenvalue weighted by Gasteiger charge is 2.19. The zero-order valence-corrected chi connectivity index (χ0v) is 10.2. The summed E-state index contributed by atoms with van der Waals surface area (Å²) < 4.78 is 5.41. The number of rotatable bonds is 4. The molecule has 1 aliphatic rings. The number of aromatic nitrogens is 1. The van der Waals surface area contributed by atoms with E-state index in [2.05, 4.69) is 21.4 Å². The second kappa shape index (κ2) is 5.95. The summed E-state index contributed by atoms with van der Waals surface area (Å²) in [5.74, 6) is 5.98. The van der Waals surface area contributed by atoms with Crippen molar-refractivity contribution in [2.45, 2.75) is 25.5 Å². The Morgan fingerprint density at radius 1 is 1.59 bits per heavy atom. The van der Waals surface area contributed by atoms with Crippen LogP contribution in [0.15, 0.2) is 18.3 Å². The lowest BCUT2D eigenvalue weighted by Gasteiger charge is -2.31. The van der Waals surface area contributed by atoms with Gasteiger partial charge in [-0.1, -0.05) is 6.07 Å². The summed E-state index contributed by atoms with van der Waals surface area (Å²) in [5, 5.41) is 0. The Kier molecular flexibility index (Phi) is 4.30. The number of anilines is 1. The topological polar surface area (TPSA) is 63.4 Å². The van der Waals surface area contributed by atoms with E-state index in [-0.39, 0.29) is 0 Å². The van der Waals surface area contributed by atoms with Crippen LogP contribution in [0.2, 0.25) is 0 Å². The number of pyridine rings is 1. The van der Waals surface area contributed by atoms with Gasteiger partial charge in [0, 0.05) is 26.4 Å². The number of hydrazine groups is 1. The lowest BCUT2D eigenvalue weighted by atomic mass is 10.1. The maximum Gasteiger partial charge on any atom is 0.139 e. The molecule has 1 unspecified atom stereocenters. The monoisotopic (exact) mass is 236 g/mol. The number of hydrogen-bond donors (Lipinski definition) is 2. The van der Waals surface area contributed by atoms with Gasteiger partial charge in [-0.3, -0.25) is 4.90 Å². The number of nitrogens with two attached hydrogens (primary N) is 1. The Morgan fingerprint density at radius 2 is 2.47 bits per heavy atom. The SMILES string of the molecule is COC1CCCN(Cc2ccc(NN)nc2)C1. The van der Waals surface area contributed by atoms with Crippen LogP contribution in [0.4, 0.5) is 5.82 Å². The fourth-order valence-corrected chi connectivity index (χ4v) is 2.21. The van der Waals surface area contributed by atoms with Gasteiger partial charge in [-0.25, -0.2) is 10.8 Å². The number of nitrogens with one attached hydrogen (secondary N) is 1. The summed E-state index contributed by atoms with van der Waals surface area (Å²) in [6, 6.07) is 3.95. The van der Waals surface area contributed by atoms with E-state index in [9.17, 15) is 0 Å². The standard InChI is InChI=1S/C12H20N4O/c1-17-11-3-2-6-16(9-11)8-10-4-5-12(15-13)14-7-10/h4-5,7,11H,2-3,6,8-9,13H2,1H3,(H,14,15). The number of likely N-dealkylation sites (tertiary alicyclic amines) is 1. The lowest BCUT2D eigenvalue weighted by molar-refractivity contribution is 0.0285. The van der Waals surface area contributed by atoms with Crippen LogP contribution in [0.25, 0.3) is 0 Å². The number of hydrogen-bond acceptors (Lipinski definition) is 5. The van der Waals surface area contributed by atoms with Gasteiger partial charge in [0.15, 0.2) is 0 Å². The minimum atomic E-state index is 0.377. The Morgan fingerprint density at radius 3 is 3.12 bits per heavy atom. The van der Waals surface area contributed by atoms with Crippen LogP contribution in [0, 0.1) is 0 Å². The molecule has 1 fully saturated rings. The summed E-state index contributed by atoms with van der Waals surface area (Å²) in [7, 11) is 1.79. The second-order valence-electron chi connectivity index (χ2n) is 4.43. The van der Waals surface area contributed by atoms with Crippen molar-refractivity contribution in [3.05, 3.63) is 23.9 Å². The van der Waals surface area contributed by atoms with E-state index in [4.69, 9.17) is 10.6 Å². The molecule has 5 heteroatoms. The Hall–Kier alpha value is -1.17. The van der Waals surface area contributed by atoms with Gasteiger partial charge in [-0.05, 0) is 31.0 Å². The molecule has 0 radical (unpaired) electrons. The molecule has 0 amide bonds. The van der Waals surface area contributed by atoms with Gasteiger partial charge in [0.1, 0.15) is 5.82 Å². The third-order valence-electron chi connectivity index (χ3n) is 3.17. The van der Waals surface area contributed by atoms with E-state index in [0.29, 0.717) is 11.9 Å². The average Bonchev–Trinajstić information content (AvgIpc) is 2.40. The van der Waals surface area contributed by atoms with Gasteiger partial charge in [-0.2, -0.15) is 0 Å². The highest BCUT2D eigenvalue weighted by atomic mass is 16.5. The number of nitrogens with zero attached hydrogens (tertiary/aromatic N) is 2. The van der Waals surface area contributed by atoms with Crippen molar-refractivity contribution >= 4 is 5.82 Å². The molecule has 1 saturated heterocycles. The Labute approximate surface area is 102 Å². The highest BCUT2D eigenvalue weighted by Crippen LogP contribution is 2.15. The fourth-order valence-electron chi connectivity index (χ4n) is 2.21. The van der Waals surface area contributed by atoms with Crippen LogP contribution < -0.4 is 11.3 Å². The summed E-state index contributed by atoms with van der Waals surface area (Å²) in [6.07, 6.45) is 4.61. The fraction of sp³-hybridized carbons (Fsp3) is 0.583. The molecule has 3 N–H and O–H groups in total. The summed E-state index contributed by atoms with van der Waals surface area (Å²) >= 11 is 0. The Bertz CT molecular complexity index is 341. The summed E-state index contributed by atoms with van der Waals surface area (Å²) in [4.78, 5) is 6.61. The van der Waals surface area contributed by atoms with E-state index < -0.39 is 0 Å². The maximum absolute atomic E-state index is 5.41. The molecule has 1 aromatic rings. The van der Waals surface area contributed by atoms with Crippen LogP contribution in [-0.2, 0) is 11.3 Å². The van der Waals surface area contributed by atoms with Crippen molar-refractivity contribution in [2.24, 2.45) is 5.84 Å². The maximum atomic E-state index is 5.41. The molecule has 1 aliphatic heterocycles. The molecule has 0 aliphatic carbocycles. The molecule has 1 aromatic heterocycles. The minimum Gasteiger partial charge on any atom is -0.380 e. The van der Waals surface area contributed by atoms with Gasteiger partial charge in [0.25, 0.3) is 0 Å². The van der Waals surface area contributed by atoms with Crippen molar-refractivity contribution in [1.29, 1.82) is 0 Å². The average molecular weight is 236 g/mol. The van der Waals surface area contributed by atoms with Crippen molar-refractivity contribution in [1.82, 2.24) is 9.88 Å².